The van der Waals surface area contributed by atoms with Crippen molar-refractivity contribution in [2.24, 2.45) is 5.73 Å². The largest absolute Gasteiger partial charge is 0.490 e. The Bertz CT molecular complexity index is 525. The summed E-state index contributed by atoms with van der Waals surface area (Å²) in [5.41, 5.74) is 7.48. The van der Waals surface area contributed by atoms with Gasteiger partial charge >= 0.3 is 0 Å². The van der Waals surface area contributed by atoms with Gasteiger partial charge in [-0.15, -0.1) is 0 Å². The van der Waals surface area contributed by atoms with Crippen molar-refractivity contribution in [2.45, 2.75) is 19.9 Å². The summed E-state index contributed by atoms with van der Waals surface area (Å²) < 4.78 is 7.22. The van der Waals surface area contributed by atoms with Crippen LogP contribution in [0.2, 0.25) is 5.02 Å². The minimum absolute atomic E-state index is 0.418. The Labute approximate surface area is 111 Å². The molecular weight excluding hydrogens is 250 g/mol. The summed E-state index contributed by atoms with van der Waals surface area (Å²) in [5.74, 6) is 0.736. The van der Waals surface area contributed by atoms with Gasteiger partial charge in [0.05, 0.1) is 29.7 Å². The molecule has 0 unspecified atom stereocenters. The number of rotatable bonds is 5. The average molecular weight is 266 g/mol. The van der Waals surface area contributed by atoms with E-state index in [9.17, 15) is 0 Å². The molecule has 1 heterocycles. The number of nitrogens with two attached hydrogens (primary N) is 1. The van der Waals surface area contributed by atoms with Gasteiger partial charge in [0.25, 0.3) is 0 Å². The summed E-state index contributed by atoms with van der Waals surface area (Å²) in [7, 11) is 0. The highest BCUT2D eigenvalue weighted by Gasteiger charge is 2.10. The number of nitrogens with zero attached hydrogens (tertiary/aromatic N) is 2. The highest BCUT2D eigenvalue weighted by molar-refractivity contribution is 6.32. The van der Waals surface area contributed by atoms with Crippen molar-refractivity contribution in [1.29, 1.82) is 0 Å². The second-order valence-electron chi connectivity index (χ2n) is 3.92. The molecule has 1 aromatic carbocycles. The Morgan fingerprint density at radius 3 is 3.00 bits per heavy atom. The fourth-order valence-electron chi connectivity index (χ4n) is 1.70. The van der Waals surface area contributed by atoms with Gasteiger partial charge in [0.1, 0.15) is 0 Å². The van der Waals surface area contributed by atoms with Gasteiger partial charge in [-0.25, -0.2) is 4.68 Å². The van der Waals surface area contributed by atoms with E-state index in [0.717, 1.165) is 23.4 Å². The van der Waals surface area contributed by atoms with Crippen LogP contribution in [0.1, 0.15) is 18.9 Å². The van der Waals surface area contributed by atoms with Crippen molar-refractivity contribution in [3.8, 4) is 11.4 Å². The zero-order valence-corrected chi connectivity index (χ0v) is 11.0. The van der Waals surface area contributed by atoms with Crippen molar-refractivity contribution >= 4 is 11.6 Å². The van der Waals surface area contributed by atoms with Crippen LogP contribution in [-0.2, 0) is 6.54 Å². The molecule has 0 fully saturated rings. The number of benzene rings is 1. The first-order valence-electron chi connectivity index (χ1n) is 5.91. The third-order valence-electron chi connectivity index (χ3n) is 2.55. The van der Waals surface area contributed by atoms with E-state index >= 15 is 0 Å². The first-order chi connectivity index (χ1) is 8.76. The second kappa shape index (κ2) is 5.89. The molecule has 4 nitrogen and oxygen atoms in total. The lowest BCUT2D eigenvalue weighted by molar-refractivity contribution is 0.317. The predicted molar refractivity (Wildman–Crippen MR) is 72.3 cm³/mol. The summed E-state index contributed by atoms with van der Waals surface area (Å²) in [4.78, 5) is 0. The van der Waals surface area contributed by atoms with Crippen molar-refractivity contribution in [2.75, 3.05) is 6.61 Å². The first kappa shape index (κ1) is 12.9. The fourth-order valence-corrected chi connectivity index (χ4v) is 1.99. The lowest BCUT2D eigenvalue weighted by Crippen LogP contribution is -2.05. The van der Waals surface area contributed by atoms with Crippen LogP contribution in [0.4, 0.5) is 0 Å². The summed E-state index contributed by atoms with van der Waals surface area (Å²) in [5, 5.41) is 4.89. The molecule has 0 bridgehead atoms. The lowest BCUT2D eigenvalue weighted by atomic mass is 10.2. The van der Waals surface area contributed by atoms with Gasteiger partial charge in [-0.3, -0.25) is 0 Å². The van der Waals surface area contributed by atoms with Crippen LogP contribution >= 0.6 is 11.6 Å². The van der Waals surface area contributed by atoms with Gasteiger partial charge in [0, 0.05) is 6.54 Å². The van der Waals surface area contributed by atoms with Crippen LogP contribution in [0, 0.1) is 0 Å². The van der Waals surface area contributed by atoms with E-state index in [-0.39, 0.29) is 0 Å². The summed E-state index contributed by atoms with van der Waals surface area (Å²) >= 11 is 6.20. The van der Waals surface area contributed by atoms with E-state index in [4.69, 9.17) is 22.1 Å². The molecule has 0 radical (unpaired) electrons. The van der Waals surface area contributed by atoms with Gasteiger partial charge in [-0.2, -0.15) is 5.10 Å². The zero-order chi connectivity index (χ0) is 13.0. The standard InChI is InChI=1S/C13H16ClN3O/c1-2-6-18-11-8-16-17(9-11)13-10(7-15)4-3-5-12(13)14/h3-5,8-9H,2,6-7,15H2,1H3. The minimum Gasteiger partial charge on any atom is -0.490 e. The van der Waals surface area contributed by atoms with E-state index in [1.54, 1.807) is 10.9 Å². The maximum atomic E-state index is 6.20. The molecule has 2 aromatic rings. The molecule has 0 aliphatic heterocycles. The van der Waals surface area contributed by atoms with Crippen molar-refractivity contribution in [1.82, 2.24) is 9.78 Å². The molecule has 5 heteroatoms. The quantitative estimate of drug-likeness (QED) is 0.904. The number of hydrogen-bond donors (Lipinski definition) is 1. The summed E-state index contributed by atoms with van der Waals surface area (Å²) in [6.45, 7) is 3.16. The molecule has 0 amide bonds. The van der Waals surface area contributed by atoms with Gasteiger partial charge in [0.15, 0.2) is 5.75 Å². The maximum absolute atomic E-state index is 6.20. The molecule has 2 N–H and O–H groups in total. The summed E-state index contributed by atoms with van der Waals surface area (Å²) in [6, 6.07) is 5.64. The Hall–Kier alpha value is -1.52. The molecule has 2 rings (SSSR count). The minimum atomic E-state index is 0.418. The third-order valence-corrected chi connectivity index (χ3v) is 2.86. The van der Waals surface area contributed by atoms with Crippen LogP contribution in [0.3, 0.4) is 0 Å². The number of aromatic nitrogens is 2. The predicted octanol–water partition coefficient (Wildman–Crippen LogP) is 2.77. The molecule has 0 atom stereocenters. The Morgan fingerprint density at radius 2 is 2.28 bits per heavy atom. The van der Waals surface area contributed by atoms with E-state index in [1.165, 1.54) is 0 Å². The normalized spacial score (nSPS) is 10.6. The number of hydrogen-bond acceptors (Lipinski definition) is 3. The Morgan fingerprint density at radius 1 is 1.44 bits per heavy atom. The molecular formula is C13H16ClN3O. The topological polar surface area (TPSA) is 53.1 Å². The molecule has 0 spiro atoms. The fraction of sp³-hybridized carbons (Fsp3) is 0.308. The Kier molecular flexibility index (Phi) is 4.23. The van der Waals surface area contributed by atoms with Gasteiger partial charge in [0.2, 0.25) is 0 Å². The van der Waals surface area contributed by atoms with E-state index in [1.807, 2.05) is 24.4 Å². The van der Waals surface area contributed by atoms with Gasteiger partial charge in [-0.05, 0) is 18.1 Å². The highest BCUT2D eigenvalue weighted by atomic mass is 35.5. The third kappa shape index (κ3) is 2.66. The van der Waals surface area contributed by atoms with E-state index in [0.29, 0.717) is 18.2 Å². The second-order valence-corrected chi connectivity index (χ2v) is 4.33. The number of para-hydroxylation sites is 1. The SMILES string of the molecule is CCCOc1cnn(-c2c(Cl)cccc2CN)c1. The zero-order valence-electron chi connectivity index (χ0n) is 10.3. The van der Waals surface area contributed by atoms with Crippen LogP contribution in [0.15, 0.2) is 30.6 Å². The maximum Gasteiger partial charge on any atom is 0.157 e. The molecule has 0 saturated heterocycles. The van der Waals surface area contributed by atoms with Crippen molar-refractivity contribution < 1.29 is 4.74 Å². The smallest absolute Gasteiger partial charge is 0.157 e. The molecule has 1 aromatic heterocycles. The number of ether oxygens (including phenoxy) is 1. The van der Waals surface area contributed by atoms with Crippen molar-refractivity contribution in [3.05, 3.63) is 41.2 Å². The van der Waals surface area contributed by atoms with Gasteiger partial charge in [-0.1, -0.05) is 30.7 Å². The van der Waals surface area contributed by atoms with Crippen LogP contribution in [-0.4, -0.2) is 16.4 Å². The van der Waals surface area contributed by atoms with Crippen molar-refractivity contribution in [3.63, 3.8) is 0 Å². The highest BCUT2D eigenvalue weighted by Crippen LogP contribution is 2.25. The summed E-state index contributed by atoms with van der Waals surface area (Å²) in [6.07, 6.45) is 4.46. The van der Waals surface area contributed by atoms with E-state index in [2.05, 4.69) is 12.0 Å². The number of halogens is 1. The lowest BCUT2D eigenvalue weighted by Gasteiger charge is -2.09. The Balaban J connectivity index is 2.33. The average Bonchev–Trinajstić information content (AvgIpc) is 2.84. The monoisotopic (exact) mass is 265 g/mol. The molecule has 18 heavy (non-hydrogen) atoms. The molecule has 96 valence electrons. The molecule has 0 aliphatic carbocycles. The van der Waals surface area contributed by atoms with E-state index < -0.39 is 0 Å². The van der Waals surface area contributed by atoms with Gasteiger partial charge < -0.3 is 10.5 Å². The first-order valence-corrected chi connectivity index (χ1v) is 6.29. The van der Waals surface area contributed by atoms with Crippen LogP contribution < -0.4 is 10.5 Å². The van der Waals surface area contributed by atoms with Crippen LogP contribution in [0.5, 0.6) is 5.75 Å². The van der Waals surface area contributed by atoms with Crippen LogP contribution in [0.25, 0.3) is 5.69 Å². The molecule has 0 aliphatic rings. The molecule has 0 saturated carbocycles.